The molecule has 2 aliphatic heterocycles. The second-order valence-corrected chi connectivity index (χ2v) is 8.90. The molecule has 1 aromatic heterocycles. The smallest absolute Gasteiger partial charge is 0.244 e. The number of likely N-dealkylation sites (tertiary alicyclic amines) is 1. The molecule has 5 nitrogen and oxygen atoms in total. The fraction of sp³-hybridized carbons (Fsp3) is 0.647. The summed E-state index contributed by atoms with van der Waals surface area (Å²) in [4.78, 5) is 30.5. The van der Waals surface area contributed by atoms with Crippen molar-refractivity contribution in [3.05, 3.63) is 22.4 Å². The van der Waals surface area contributed by atoms with E-state index in [2.05, 4.69) is 17.3 Å². The maximum absolute atomic E-state index is 12.7. The summed E-state index contributed by atoms with van der Waals surface area (Å²) < 4.78 is 0. The number of carbonyl (C=O) groups is 2. The molecule has 0 radical (unpaired) electrons. The molecule has 1 atom stereocenters. The summed E-state index contributed by atoms with van der Waals surface area (Å²) >= 11 is 3.43. The van der Waals surface area contributed by atoms with E-state index in [1.807, 2.05) is 29.3 Å². The van der Waals surface area contributed by atoms with Crippen LogP contribution in [0, 0.1) is 0 Å². The molecule has 0 bridgehead atoms. The molecule has 24 heavy (non-hydrogen) atoms. The molecule has 132 valence electrons. The predicted octanol–water partition coefficient (Wildman–Crippen LogP) is 2.14. The van der Waals surface area contributed by atoms with E-state index in [0.29, 0.717) is 18.7 Å². The number of nitrogens with one attached hydrogen (secondary N) is 1. The third kappa shape index (κ3) is 3.48. The summed E-state index contributed by atoms with van der Waals surface area (Å²) in [6.07, 6.45) is 2.33. The predicted molar refractivity (Wildman–Crippen MR) is 99.0 cm³/mol. The van der Waals surface area contributed by atoms with Gasteiger partial charge in [-0.25, -0.2) is 0 Å². The molecule has 1 aromatic rings. The fourth-order valence-corrected chi connectivity index (χ4v) is 5.74. The van der Waals surface area contributed by atoms with Gasteiger partial charge in [-0.1, -0.05) is 13.0 Å². The quantitative estimate of drug-likeness (QED) is 0.886. The Hall–Kier alpha value is -1.05. The van der Waals surface area contributed by atoms with Crippen molar-refractivity contribution >= 4 is 34.9 Å². The lowest BCUT2D eigenvalue weighted by Gasteiger charge is -2.44. The van der Waals surface area contributed by atoms with E-state index in [-0.39, 0.29) is 22.7 Å². The van der Waals surface area contributed by atoms with E-state index < -0.39 is 0 Å². The Labute approximate surface area is 151 Å². The van der Waals surface area contributed by atoms with Gasteiger partial charge in [-0.3, -0.25) is 9.59 Å². The van der Waals surface area contributed by atoms with Gasteiger partial charge in [0, 0.05) is 30.1 Å². The van der Waals surface area contributed by atoms with Crippen molar-refractivity contribution in [3.63, 3.8) is 0 Å². The van der Waals surface area contributed by atoms with Crippen molar-refractivity contribution in [1.82, 2.24) is 15.1 Å². The van der Waals surface area contributed by atoms with Gasteiger partial charge in [0.2, 0.25) is 11.8 Å². The van der Waals surface area contributed by atoms with Gasteiger partial charge < -0.3 is 15.1 Å². The van der Waals surface area contributed by atoms with E-state index in [1.54, 1.807) is 23.1 Å². The van der Waals surface area contributed by atoms with Crippen LogP contribution in [0.15, 0.2) is 17.5 Å². The number of nitrogens with zero attached hydrogens (tertiary/aromatic N) is 2. The minimum Gasteiger partial charge on any atom is -0.349 e. The van der Waals surface area contributed by atoms with Gasteiger partial charge in [0.05, 0.1) is 11.4 Å². The molecular weight excluding hydrogens is 342 g/mol. The normalized spacial score (nSPS) is 23.6. The summed E-state index contributed by atoms with van der Waals surface area (Å²) in [5, 5.41) is 5.03. The molecule has 2 aliphatic rings. The van der Waals surface area contributed by atoms with Crippen LogP contribution in [0.1, 0.15) is 31.1 Å². The molecule has 0 aliphatic carbocycles. The van der Waals surface area contributed by atoms with Crippen molar-refractivity contribution in [3.8, 4) is 0 Å². The Morgan fingerprint density at radius 1 is 1.38 bits per heavy atom. The van der Waals surface area contributed by atoms with Gasteiger partial charge in [0.1, 0.15) is 6.04 Å². The Kier molecular flexibility index (Phi) is 5.52. The molecule has 2 fully saturated rings. The largest absolute Gasteiger partial charge is 0.349 e. The van der Waals surface area contributed by atoms with E-state index >= 15 is 0 Å². The van der Waals surface area contributed by atoms with Gasteiger partial charge in [-0.2, -0.15) is 0 Å². The van der Waals surface area contributed by atoms with Gasteiger partial charge in [0.25, 0.3) is 0 Å². The first kappa shape index (κ1) is 17.8. The van der Waals surface area contributed by atoms with Crippen LogP contribution in [0.2, 0.25) is 0 Å². The van der Waals surface area contributed by atoms with Crippen molar-refractivity contribution in [2.75, 3.05) is 25.9 Å². The van der Waals surface area contributed by atoms with Crippen LogP contribution < -0.4 is 5.32 Å². The molecule has 7 heteroatoms. The molecule has 3 heterocycles. The molecule has 1 unspecified atom stereocenters. The zero-order valence-corrected chi connectivity index (χ0v) is 15.9. The third-order valence-electron chi connectivity index (χ3n) is 4.92. The standard InChI is InChI=1S/C17H25N3O2S2/c1-3-15(21)20-14(16(22)18-11-13-5-4-10-23-13)12-24-17(20)6-8-19(2)9-7-17/h4-5,10,14H,3,6-9,11-12H2,1-2H3,(H,18,22). The van der Waals surface area contributed by atoms with E-state index in [1.165, 1.54) is 0 Å². The molecule has 1 spiro atoms. The number of hydrogen-bond acceptors (Lipinski definition) is 5. The lowest BCUT2D eigenvalue weighted by molar-refractivity contribution is -0.143. The first-order chi connectivity index (χ1) is 11.6. The average Bonchev–Trinajstić information content (AvgIpc) is 3.23. The topological polar surface area (TPSA) is 52.7 Å². The third-order valence-corrected chi connectivity index (χ3v) is 7.42. The van der Waals surface area contributed by atoms with Crippen LogP contribution >= 0.6 is 23.1 Å². The van der Waals surface area contributed by atoms with Crippen LogP contribution in [0.3, 0.4) is 0 Å². The Bertz CT molecular complexity index is 583. The highest BCUT2D eigenvalue weighted by molar-refractivity contribution is 8.01. The van der Waals surface area contributed by atoms with Crippen molar-refractivity contribution in [1.29, 1.82) is 0 Å². The van der Waals surface area contributed by atoms with Crippen LogP contribution in [0.4, 0.5) is 0 Å². The molecule has 2 amide bonds. The zero-order chi connectivity index (χ0) is 17.2. The number of piperidine rings is 1. The van der Waals surface area contributed by atoms with E-state index in [4.69, 9.17) is 0 Å². The highest BCUT2D eigenvalue weighted by atomic mass is 32.2. The Morgan fingerprint density at radius 3 is 2.75 bits per heavy atom. The molecule has 3 rings (SSSR count). The van der Waals surface area contributed by atoms with E-state index in [9.17, 15) is 9.59 Å². The number of thiophene rings is 1. The Balaban J connectivity index is 1.72. The molecule has 0 saturated carbocycles. The SMILES string of the molecule is CCC(=O)N1C(C(=O)NCc2cccs2)CSC12CCN(C)CC2. The van der Waals surface area contributed by atoms with Gasteiger partial charge in [0.15, 0.2) is 0 Å². The van der Waals surface area contributed by atoms with Crippen LogP contribution in [0.5, 0.6) is 0 Å². The minimum atomic E-state index is -0.342. The second-order valence-electron chi connectivity index (χ2n) is 6.49. The number of carbonyl (C=O) groups excluding carboxylic acids is 2. The molecule has 2 saturated heterocycles. The lowest BCUT2D eigenvalue weighted by Crippen LogP contribution is -2.57. The summed E-state index contributed by atoms with van der Waals surface area (Å²) in [6, 6.07) is 3.66. The Morgan fingerprint density at radius 2 is 2.12 bits per heavy atom. The first-order valence-electron chi connectivity index (χ1n) is 8.50. The molecule has 1 N–H and O–H groups in total. The zero-order valence-electron chi connectivity index (χ0n) is 14.3. The van der Waals surface area contributed by atoms with Gasteiger partial charge in [-0.05, 0) is 31.3 Å². The molecular formula is C17H25N3O2S2. The monoisotopic (exact) mass is 367 g/mol. The van der Waals surface area contributed by atoms with Crippen LogP contribution in [0.25, 0.3) is 0 Å². The van der Waals surface area contributed by atoms with Gasteiger partial charge in [-0.15, -0.1) is 23.1 Å². The highest BCUT2D eigenvalue weighted by Crippen LogP contribution is 2.46. The lowest BCUT2D eigenvalue weighted by atomic mass is 10.00. The number of amides is 2. The highest BCUT2D eigenvalue weighted by Gasteiger charge is 2.52. The summed E-state index contributed by atoms with van der Waals surface area (Å²) in [6.45, 7) is 4.38. The number of hydrogen-bond donors (Lipinski definition) is 1. The van der Waals surface area contributed by atoms with Crippen LogP contribution in [-0.2, 0) is 16.1 Å². The first-order valence-corrected chi connectivity index (χ1v) is 10.4. The van der Waals surface area contributed by atoms with Gasteiger partial charge >= 0.3 is 0 Å². The second kappa shape index (κ2) is 7.45. The van der Waals surface area contributed by atoms with Crippen LogP contribution in [-0.4, -0.2) is 58.4 Å². The number of thioether (sulfide) groups is 1. The van der Waals surface area contributed by atoms with Crippen molar-refractivity contribution < 1.29 is 9.59 Å². The number of rotatable bonds is 4. The maximum atomic E-state index is 12.7. The van der Waals surface area contributed by atoms with Crippen molar-refractivity contribution in [2.45, 2.75) is 43.6 Å². The minimum absolute atomic E-state index is 0.0199. The summed E-state index contributed by atoms with van der Waals surface area (Å²) in [5.74, 6) is 0.778. The maximum Gasteiger partial charge on any atom is 0.244 e. The molecule has 0 aromatic carbocycles. The fourth-order valence-electron chi connectivity index (χ4n) is 3.48. The van der Waals surface area contributed by atoms with E-state index in [0.717, 1.165) is 30.8 Å². The summed E-state index contributed by atoms with van der Waals surface area (Å²) in [7, 11) is 2.11. The average molecular weight is 368 g/mol. The summed E-state index contributed by atoms with van der Waals surface area (Å²) in [5.41, 5.74) is 0. The van der Waals surface area contributed by atoms with Crippen molar-refractivity contribution in [2.24, 2.45) is 0 Å².